The molecule has 1 aliphatic carbocycles. The minimum Gasteiger partial charge on any atom is -0.465 e. The molecule has 0 aliphatic heterocycles. The van der Waals surface area contributed by atoms with Gasteiger partial charge in [0.1, 0.15) is 0 Å². The minimum atomic E-state index is -0.452. The van der Waals surface area contributed by atoms with Gasteiger partial charge in [-0.2, -0.15) is 0 Å². The van der Waals surface area contributed by atoms with Crippen molar-refractivity contribution in [2.45, 2.75) is 19.4 Å². The molecule has 0 saturated heterocycles. The molecule has 0 fully saturated rings. The van der Waals surface area contributed by atoms with Crippen LogP contribution in [0.15, 0.2) is 34.0 Å². The van der Waals surface area contributed by atoms with Crippen LogP contribution in [0, 0.1) is 5.92 Å². The van der Waals surface area contributed by atoms with Crippen molar-refractivity contribution in [2.24, 2.45) is 5.92 Å². The van der Waals surface area contributed by atoms with Crippen LogP contribution in [0.2, 0.25) is 0 Å². The molecular formula is C12H14N2O4. The molecule has 6 heteroatoms. The summed E-state index contributed by atoms with van der Waals surface area (Å²) in [4.78, 5) is 35.7. The third-order valence-corrected chi connectivity index (χ3v) is 2.93. The second kappa shape index (κ2) is 5.03. The lowest BCUT2D eigenvalue weighted by Crippen LogP contribution is -2.33. The number of nitrogens with zero attached hydrogens (tertiary/aromatic N) is 1. The molecule has 1 aliphatic rings. The van der Waals surface area contributed by atoms with E-state index in [1.165, 1.54) is 23.8 Å². The van der Waals surface area contributed by atoms with Gasteiger partial charge in [-0.1, -0.05) is 12.2 Å². The normalized spacial score (nSPS) is 22.1. The first-order valence-corrected chi connectivity index (χ1v) is 5.69. The Hall–Kier alpha value is -2.11. The molecule has 1 aromatic heterocycles. The first-order valence-electron chi connectivity index (χ1n) is 5.69. The highest BCUT2D eigenvalue weighted by atomic mass is 16.5. The van der Waals surface area contributed by atoms with Crippen molar-refractivity contribution in [1.82, 2.24) is 9.55 Å². The molecule has 0 bridgehead atoms. The fourth-order valence-corrected chi connectivity index (χ4v) is 2.06. The molecule has 0 radical (unpaired) electrons. The molecule has 0 amide bonds. The number of esters is 1. The van der Waals surface area contributed by atoms with Gasteiger partial charge < -0.3 is 4.74 Å². The first-order chi connectivity index (χ1) is 8.58. The van der Waals surface area contributed by atoms with Gasteiger partial charge in [0.15, 0.2) is 0 Å². The molecular weight excluding hydrogens is 236 g/mol. The Morgan fingerprint density at radius 1 is 1.56 bits per heavy atom. The summed E-state index contributed by atoms with van der Waals surface area (Å²) in [5.41, 5.74) is -0.873. The van der Waals surface area contributed by atoms with E-state index in [9.17, 15) is 14.4 Å². The second-order valence-electron chi connectivity index (χ2n) is 4.23. The molecule has 6 nitrogen and oxygen atoms in total. The summed E-state index contributed by atoms with van der Waals surface area (Å²) < 4.78 is 6.42. The van der Waals surface area contributed by atoms with Crippen LogP contribution in [0.5, 0.6) is 0 Å². The number of nitrogens with one attached hydrogen (secondary N) is 1. The maximum atomic E-state index is 11.7. The van der Waals surface area contributed by atoms with Crippen molar-refractivity contribution < 1.29 is 9.53 Å². The van der Waals surface area contributed by atoms with Crippen LogP contribution in [0.3, 0.4) is 0 Å². The van der Waals surface area contributed by atoms with Crippen LogP contribution in [0.1, 0.15) is 19.4 Å². The number of carbonyl (C=O) groups excluding carboxylic acids is 1. The van der Waals surface area contributed by atoms with Crippen molar-refractivity contribution in [3.05, 3.63) is 45.3 Å². The van der Waals surface area contributed by atoms with Gasteiger partial charge in [-0.05, 0) is 6.42 Å². The summed E-state index contributed by atoms with van der Waals surface area (Å²) >= 11 is 0. The molecule has 0 saturated carbocycles. The molecule has 0 unspecified atom stereocenters. The molecule has 1 aromatic rings. The number of rotatable bonds is 3. The van der Waals surface area contributed by atoms with Crippen molar-refractivity contribution in [1.29, 1.82) is 0 Å². The monoisotopic (exact) mass is 250 g/mol. The van der Waals surface area contributed by atoms with E-state index < -0.39 is 11.2 Å². The maximum Gasteiger partial charge on any atom is 0.328 e. The Bertz CT molecular complexity index is 584. The number of ether oxygens (including phenoxy) is 1. The third-order valence-electron chi connectivity index (χ3n) is 2.93. The fraction of sp³-hybridized carbons (Fsp3) is 0.417. The van der Waals surface area contributed by atoms with Gasteiger partial charge in [0.25, 0.3) is 5.56 Å². The Morgan fingerprint density at radius 3 is 3.00 bits per heavy atom. The Morgan fingerprint density at radius 2 is 2.33 bits per heavy atom. The van der Waals surface area contributed by atoms with Crippen LogP contribution < -0.4 is 11.2 Å². The number of carbonyl (C=O) groups is 1. The molecule has 0 spiro atoms. The second-order valence-corrected chi connectivity index (χ2v) is 4.23. The zero-order chi connectivity index (χ0) is 13.1. The average molecular weight is 250 g/mol. The lowest BCUT2D eigenvalue weighted by molar-refractivity contribution is -0.142. The highest BCUT2D eigenvalue weighted by Crippen LogP contribution is 2.28. The van der Waals surface area contributed by atoms with Crippen molar-refractivity contribution >= 4 is 5.97 Å². The van der Waals surface area contributed by atoms with Gasteiger partial charge in [-0.25, -0.2) is 4.79 Å². The van der Waals surface area contributed by atoms with Gasteiger partial charge in [0.2, 0.25) is 0 Å². The molecule has 1 N–H and O–H groups in total. The van der Waals surface area contributed by atoms with Crippen LogP contribution in [-0.4, -0.2) is 22.1 Å². The predicted octanol–water partition coefficient (Wildman–Crippen LogP) is 0.217. The SMILES string of the molecule is CC(=O)OC[C@@H]1CC=C[C@@H]1n1ccc(=O)[nH]c1=O. The van der Waals surface area contributed by atoms with E-state index in [4.69, 9.17) is 4.74 Å². The van der Waals surface area contributed by atoms with Crippen LogP contribution >= 0.6 is 0 Å². The quantitative estimate of drug-likeness (QED) is 0.614. The largest absolute Gasteiger partial charge is 0.465 e. The van der Waals surface area contributed by atoms with E-state index >= 15 is 0 Å². The summed E-state index contributed by atoms with van der Waals surface area (Å²) in [7, 11) is 0. The average Bonchev–Trinajstić information content (AvgIpc) is 2.74. The smallest absolute Gasteiger partial charge is 0.328 e. The summed E-state index contributed by atoms with van der Waals surface area (Å²) in [6, 6.07) is 1.12. The number of hydrogen-bond acceptors (Lipinski definition) is 4. The summed E-state index contributed by atoms with van der Waals surface area (Å²) in [5.74, 6) is -0.313. The standard InChI is InChI=1S/C12H14N2O4/c1-8(15)18-7-9-3-2-4-10(9)14-6-5-11(16)13-12(14)17/h2,4-6,9-10H,3,7H2,1H3,(H,13,16,17)/t9-,10-/m0/s1. The fourth-order valence-electron chi connectivity index (χ4n) is 2.06. The lowest BCUT2D eigenvalue weighted by atomic mass is 10.0. The summed E-state index contributed by atoms with van der Waals surface area (Å²) in [6.07, 6.45) is 6.02. The lowest BCUT2D eigenvalue weighted by Gasteiger charge is -2.20. The zero-order valence-corrected chi connectivity index (χ0v) is 9.96. The number of hydrogen-bond donors (Lipinski definition) is 1. The highest BCUT2D eigenvalue weighted by Gasteiger charge is 2.26. The topological polar surface area (TPSA) is 81.2 Å². The van der Waals surface area contributed by atoms with Crippen molar-refractivity contribution in [3.63, 3.8) is 0 Å². The maximum absolute atomic E-state index is 11.7. The van der Waals surface area contributed by atoms with Crippen molar-refractivity contribution in [2.75, 3.05) is 6.61 Å². The number of allylic oxidation sites excluding steroid dienone is 2. The van der Waals surface area contributed by atoms with Crippen LogP contribution in [0.4, 0.5) is 0 Å². The number of aromatic nitrogens is 2. The highest BCUT2D eigenvalue weighted by molar-refractivity contribution is 5.65. The van der Waals surface area contributed by atoms with Gasteiger partial charge in [-0.3, -0.25) is 19.1 Å². The summed E-state index contributed by atoms with van der Waals surface area (Å²) in [5, 5.41) is 0. The predicted molar refractivity (Wildman–Crippen MR) is 64.2 cm³/mol. The van der Waals surface area contributed by atoms with Gasteiger partial charge in [0, 0.05) is 25.1 Å². The molecule has 96 valence electrons. The van der Waals surface area contributed by atoms with Crippen LogP contribution in [-0.2, 0) is 9.53 Å². The van der Waals surface area contributed by atoms with Gasteiger partial charge in [-0.15, -0.1) is 0 Å². The van der Waals surface area contributed by atoms with E-state index in [1.807, 2.05) is 12.2 Å². The molecule has 18 heavy (non-hydrogen) atoms. The first kappa shape index (κ1) is 12.3. The molecule has 1 heterocycles. The van der Waals surface area contributed by atoms with E-state index in [2.05, 4.69) is 4.98 Å². The number of H-pyrrole nitrogens is 1. The van der Waals surface area contributed by atoms with Crippen molar-refractivity contribution in [3.8, 4) is 0 Å². The van der Waals surface area contributed by atoms with E-state index in [1.54, 1.807) is 0 Å². The molecule has 2 rings (SSSR count). The van der Waals surface area contributed by atoms with Crippen LogP contribution in [0.25, 0.3) is 0 Å². The molecule has 2 atom stereocenters. The molecule has 0 aromatic carbocycles. The minimum absolute atomic E-state index is 0.0255. The summed E-state index contributed by atoms with van der Waals surface area (Å²) in [6.45, 7) is 1.61. The van der Waals surface area contributed by atoms with Gasteiger partial charge in [0.05, 0.1) is 12.6 Å². The van der Waals surface area contributed by atoms with E-state index in [-0.39, 0.29) is 24.5 Å². The zero-order valence-electron chi connectivity index (χ0n) is 9.96. The van der Waals surface area contributed by atoms with Gasteiger partial charge >= 0.3 is 11.7 Å². The third kappa shape index (κ3) is 2.58. The van der Waals surface area contributed by atoms with E-state index in [0.29, 0.717) is 0 Å². The Labute approximate surface area is 103 Å². The Kier molecular flexibility index (Phi) is 3.45. The number of aromatic amines is 1. The Balaban J connectivity index is 2.20. The van der Waals surface area contributed by atoms with E-state index in [0.717, 1.165) is 6.42 Å².